The van der Waals surface area contributed by atoms with Crippen LogP contribution in [0.25, 0.3) is 0 Å². The van der Waals surface area contributed by atoms with Gasteiger partial charge in [0.1, 0.15) is 5.82 Å². The van der Waals surface area contributed by atoms with E-state index in [2.05, 4.69) is 4.72 Å². The second-order valence-corrected chi connectivity index (χ2v) is 11.5. The fourth-order valence-corrected chi connectivity index (χ4v) is 6.08. The summed E-state index contributed by atoms with van der Waals surface area (Å²) in [5.41, 5.74) is 0. The number of sulfonamides is 1. The van der Waals surface area contributed by atoms with Gasteiger partial charge in [-0.05, 0) is 48.9 Å². The second kappa shape index (κ2) is 8.80. The van der Waals surface area contributed by atoms with Gasteiger partial charge in [0.25, 0.3) is 0 Å². The summed E-state index contributed by atoms with van der Waals surface area (Å²) in [7, 11) is -7.75. The molecule has 12 heteroatoms. The van der Waals surface area contributed by atoms with E-state index in [1.165, 1.54) is 29.2 Å². The summed E-state index contributed by atoms with van der Waals surface area (Å²) in [6.07, 6.45) is 0.233. The number of rotatable bonds is 6. The summed E-state index contributed by atoms with van der Waals surface area (Å²) in [5.74, 6) is -1.34. The number of carbonyl (C=O) groups is 1. The quantitative estimate of drug-likeness (QED) is 0.664. The molecule has 0 spiro atoms. The van der Waals surface area contributed by atoms with Crippen molar-refractivity contribution in [1.82, 2.24) is 9.62 Å². The Bertz CT molecular complexity index is 1170. The third-order valence-electron chi connectivity index (χ3n) is 4.69. The van der Waals surface area contributed by atoms with Crippen LogP contribution >= 0.6 is 23.2 Å². The van der Waals surface area contributed by atoms with Crippen LogP contribution in [0.2, 0.25) is 10.0 Å². The number of nitrogens with one attached hydrogen (secondary N) is 1. The molecular weight excluding hydrogens is 478 g/mol. The van der Waals surface area contributed by atoms with E-state index in [4.69, 9.17) is 23.2 Å². The van der Waals surface area contributed by atoms with E-state index < -0.39 is 43.4 Å². The summed E-state index contributed by atoms with van der Waals surface area (Å²) in [6, 6.07) is 8.64. The minimum atomic E-state index is -4.09. The first-order valence-electron chi connectivity index (χ1n) is 8.72. The lowest BCUT2D eigenvalue weighted by Crippen LogP contribution is -2.40. The Labute approximate surface area is 183 Å². The van der Waals surface area contributed by atoms with Gasteiger partial charge < -0.3 is 4.90 Å². The van der Waals surface area contributed by atoms with Crippen LogP contribution in [0.3, 0.4) is 0 Å². The molecule has 0 bridgehead atoms. The molecule has 1 aliphatic heterocycles. The van der Waals surface area contributed by atoms with E-state index in [0.29, 0.717) is 5.02 Å². The van der Waals surface area contributed by atoms with E-state index in [1.54, 1.807) is 0 Å². The van der Waals surface area contributed by atoms with Crippen LogP contribution in [-0.2, 0) is 24.7 Å². The van der Waals surface area contributed by atoms with Crippen LogP contribution in [-0.4, -0.2) is 52.5 Å². The van der Waals surface area contributed by atoms with Crippen LogP contribution < -0.4 is 4.72 Å². The van der Waals surface area contributed by atoms with Gasteiger partial charge in [-0.25, -0.2) is 25.9 Å². The molecule has 1 saturated heterocycles. The number of likely N-dealkylation sites (tertiary alicyclic amines) is 1. The number of benzene rings is 2. The smallest absolute Gasteiger partial charge is 0.241 e. The summed E-state index contributed by atoms with van der Waals surface area (Å²) in [5, 5.41) is -0.749. The zero-order valence-electron chi connectivity index (χ0n) is 15.4. The Balaban J connectivity index is 1.63. The molecule has 1 atom stereocenters. The summed E-state index contributed by atoms with van der Waals surface area (Å²) >= 11 is 11.4. The predicted molar refractivity (Wildman–Crippen MR) is 110 cm³/mol. The SMILES string of the molecule is O=C(CNS(=O)(=O)c1ccc(F)c(Cl)c1)N1CCC(S(=O)(=O)c2ccc(Cl)cc2)C1. The third-order valence-corrected chi connectivity index (χ3v) is 8.83. The maximum Gasteiger partial charge on any atom is 0.241 e. The lowest BCUT2D eigenvalue weighted by Gasteiger charge is -2.17. The average molecular weight is 495 g/mol. The molecule has 0 radical (unpaired) electrons. The molecule has 0 aromatic heterocycles. The molecule has 162 valence electrons. The maximum absolute atomic E-state index is 13.2. The Morgan fingerprint density at radius 2 is 1.70 bits per heavy atom. The van der Waals surface area contributed by atoms with E-state index >= 15 is 0 Å². The number of halogens is 3. The standard InChI is InChI=1S/C18H17Cl2FN2O5S2/c19-12-1-3-13(4-2-12)29(25,26)15-7-8-23(11-15)18(24)10-22-30(27,28)14-5-6-17(21)16(20)9-14/h1-6,9,15,22H,7-8,10-11H2. The van der Waals surface area contributed by atoms with Crippen molar-refractivity contribution in [3.8, 4) is 0 Å². The minimum absolute atomic E-state index is 0.0477. The number of amides is 1. The van der Waals surface area contributed by atoms with Crippen molar-refractivity contribution in [1.29, 1.82) is 0 Å². The molecule has 3 rings (SSSR count). The number of sulfone groups is 1. The molecule has 7 nitrogen and oxygen atoms in total. The van der Waals surface area contributed by atoms with E-state index in [1.807, 2.05) is 0 Å². The van der Waals surface area contributed by atoms with Crippen LogP contribution in [0.4, 0.5) is 4.39 Å². The fourth-order valence-electron chi connectivity index (χ4n) is 3.02. The van der Waals surface area contributed by atoms with E-state index in [-0.39, 0.29) is 34.3 Å². The highest BCUT2D eigenvalue weighted by atomic mass is 35.5. The predicted octanol–water partition coefficient (Wildman–Crippen LogP) is 2.49. The molecule has 1 aliphatic rings. The number of hydrogen-bond acceptors (Lipinski definition) is 5. The Morgan fingerprint density at radius 3 is 2.33 bits per heavy atom. The van der Waals surface area contributed by atoms with Crippen molar-refractivity contribution in [3.63, 3.8) is 0 Å². The molecule has 1 N–H and O–H groups in total. The molecule has 1 fully saturated rings. The molecule has 1 heterocycles. The van der Waals surface area contributed by atoms with Crippen molar-refractivity contribution in [2.24, 2.45) is 0 Å². The lowest BCUT2D eigenvalue weighted by atomic mass is 10.3. The van der Waals surface area contributed by atoms with Crippen molar-refractivity contribution in [3.05, 3.63) is 58.3 Å². The minimum Gasteiger partial charge on any atom is -0.340 e. The van der Waals surface area contributed by atoms with Crippen molar-refractivity contribution >= 4 is 49.0 Å². The molecular formula is C18H17Cl2FN2O5S2. The van der Waals surface area contributed by atoms with Crippen LogP contribution in [0.1, 0.15) is 6.42 Å². The first-order chi connectivity index (χ1) is 14.0. The van der Waals surface area contributed by atoms with E-state index in [9.17, 15) is 26.0 Å². The summed E-state index contributed by atoms with van der Waals surface area (Å²) in [4.78, 5) is 13.5. The monoisotopic (exact) mass is 494 g/mol. The van der Waals surface area contributed by atoms with Crippen LogP contribution in [0, 0.1) is 5.82 Å². The van der Waals surface area contributed by atoms with Gasteiger partial charge in [0.05, 0.1) is 26.6 Å². The van der Waals surface area contributed by atoms with Gasteiger partial charge in [0.2, 0.25) is 15.9 Å². The fraction of sp³-hybridized carbons (Fsp3) is 0.278. The number of carbonyl (C=O) groups excluding carboxylic acids is 1. The van der Waals surface area contributed by atoms with Gasteiger partial charge in [-0.2, -0.15) is 0 Å². The largest absolute Gasteiger partial charge is 0.340 e. The summed E-state index contributed by atoms with van der Waals surface area (Å²) < 4.78 is 65.4. The zero-order chi connectivity index (χ0) is 22.1. The Morgan fingerprint density at radius 1 is 1.07 bits per heavy atom. The highest BCUT2D eigenvalue weighted by Gasteiger charge is 2.36. The highest BCUT2D eigenvalue weighted by molar-refractivity contribution is 7.92. The topological polar surface area (TPSA) is 101 Å². The van der Waals surface area contributed by atoms with Gasteiger partial charge in [-0.15, -0.1) is 0 Å². The molecule has 2 aromatic rings. The van der Waals surface area contributed by atoms with E-state index in [0.717, 1.165) is 18.2 Å². The normalized spacial score (nSPS) is 17.3. The summed E-state index contributed by atoms with van der Waals surface area (Å²) in [6.45, 7) is -0.431. The van der Waals surface area contributed by atoms with Gasteiger partial charge >= 0.3 is 0 Å². The first kappa shape index (κ1) is 23.0. The van der Waals surface area contributed by atoms with Gasteiger partial charge in [0, 0.05) is 18.1 Å². The third kappa shape index (κ3) is 4.94. The van der Waals surface area contributed by atoms with Gasteiger partial charge in [-0.3, -0.25) is 4.79 Å². The molecule has 2 aromatic carbocycles. The Kier molecular flexibility index (Phi) is 6.73. The molecule has 0 saturated carbocycles. The molecule has 0 aliphatic carbocycles. The van der Waals surface area contributed by atoms with Crippen molar-refractivity contribution in [2.75, 3.05) is 19.6 Å². The molecule has 1 amide bonds. The van der Waals surface area contributed by atoms with Crippen molar-refractivity contribution < 1.29 is 26.0 Å². The highest BCUT2D eigenvalue weighted by Crippen LogP contribution is 2.25. The first-order valence-corrected chi connectivity index (χ1v) is 12.5. The van der Waals surface area contributed by atoms with Gasteiger partial charge in [-0.1, -0.05) is 23.2 Å². The number of nitrogens with zero attached hydrogens (tertiary/aromatic N) is 1. The molecule has 30 heavy (non-hydrogen) atoms. The second-order valence-electron chi connectivity index (χ2n) is 6.65. The molecule has 1 unspecified atom stereocenters. The van der Waals surface area contributed by atoms with Gasteiger partial charge in [0.15, 0.2) is 9.84 Å². The van der Waals surface area contributed by atoms with Crippen LogP contribution in [0.5, 0.6) is 0 Å². The van der Waals surface area contributed by atoms with Crippen molar-refractivity contribution in [2.45, 2.75) is 21.5 Å². The number of hydrogen-bond donors (Lipinski definition) is 1. The zero-order valence-corrected chi connectivity index (χ0v) is 18.5. The van der Waals surface area contributed by atoms with Crippen LogP contribution in [0.15, 0.2) is 52.3 Å². The lowest BCUT2D eigenvalue weighted by molar-refractivity contribution is -0.128. The Hall–Kier alpha value is -1.72. The maximum atomic E-state index is 13.2. The average Bonchev–Trinajstić information content (AvgIpc) is 3.20.